The van der Waals surface area contributed by atoms with Crippen molar-refractivity contribution in [1.82, 2.24) is 9.80 Å². The molecule has 1 saturated heterocycles. The Balaban J connectivity index is 1.37. The summed E-state index contributed by atoms with van der Waals surface area (Å²) >= 11 is 0. The fourth-order valence-electron chi connectivity index (χ4n) is 4.43. The van der Waals surface area contributed by atoms with Gasteiger partial charge in [-0.25, -0.2) is 0 Å². The first-order chi connectivity index (χ1) is 12.0. The Hall–Kier alpha value is -1.88. The highest BCUT2D eigenvalue weighted by molar-refractivity contribution is 5.93. The quantitative estimate of drug-likeness (QED) is 0.910. The number of piperazine rings is 1. The van der Waals surface area contributed by atoms with Crippen LogP contribution in [0.5, 0.6) is 0 Å². The average molecular weight is 341 g/mol. The Morgan fingerprint density at radius 2 is 2.00 bits per heavy atom. The van der Waals surface area contributed by atoms with E-state index in [9.17, 15) is 9.59 Å². The number of benzene rings is 1. The van der Waals surface area contributed by atoms with E-state index in [0.717, 1.165) is 37.7 Å². The van der Waals surface area contributed by atoms with Crippen LogP contribution in [0.25, 0.3) is 0 Å². The van der Waals surface area contributed by atoms with Gasteiger partial charge < -0.3 is 10.6 Å². The lowest BCUT2D eigenvalue weighted by atomic mass is 9.89. The van der Waals surface area contributed by atoms with Crippen LogP contribution in [0, 0.1) is 5.92 Å². The van der Waals surface area contributed by atoms with Crippen molar-refractivity contribution in [3.05, 3.63) is 35.4 Å². The fourth-order valence-corrected chi connectivity index (χ4v) is 4.43. The predicted octanol–water partition coefficient (Wildman–Crippen LogP) is 1.97. The highest BCUT2D eigenvalue weighted by Gasteiger charge is 2.47. The minimum absolute atomic E-state index is 0.0746. The molecular weight excluding hydrogens is 314 g/mol. The van der Waals surface area contributed by atoms with Crippen molar-refractivity contribution < 1.29 is 9.59 Å². The number of amides is 2. The molecule has 4 rings (SSSR count). The minimum Gasteiger partial charge on any atom is -0.366 e. The number of rotatable bonds is 4. The van der Waals surface area contributed by atoms with Gasteiger partial charge in [-0.2, -0.15) is 0 Å². The van der Waals surface area contributed by atoms with Gasteiger partial charge >= 0.3 is 0 Å². The first-order valence-corrected chi connectivity index (χ1v) is 9.49. The molecule has 1 aromatic carbocycles. The van der Waals surface area contributed by atoms with Crippen molar-refractivity contribution in [1.29, 1.82) is 0 Å². The van der Waals surface area contributed by atoms with Crippen molar-refractivity contribution in [3.8, 4) is 0 Å². The fraction of sp³-hybridized carbons (Fsp3) is 0.600. The molecule has 3 aliphatic rings. The number of nitrogens with zero attached hydrogens (tertiary/aromatic N) is 2. The van der Waals surface area contributed by atoms with E-state index in [1.807, 2.05) is 18.2 Å². The summed E-state index contributed by atoms with van der Waals surface area (Å²) in [7, 11) is 0. The van der Waals surface area contributed by atoms with Gasteiger partial charge in [-0.05, 0) is 49.8 Å². The van der Waals surface area contributed by atoms with Crippen LogP contribution in [0.4, 0.5) is 0 Å². The summed E-state index contributed by atoms with van der Waals surface area (Å²) in [5, 5.41) is 0. The maximum atomic E-state index is 12.9. The molecule has 3 atom stereocenters. The highest BCUT2D eigenvalue weighted by atomic mass is 16.2. The molecule has 5 heteroatoms. The third-order valence-electron chi connectivity index (χ3n) is 6.24. The average Bonchev–Trinajstić information content (AvgIpc) is 3.35. The zero-order valence-corrected chi connectivity index (χ0v) is 14.9. The SMILES string of the molecule is C[C@H]1CN(C(=O)[C@H]2C[C@@H]2c2cccc(C(N)=O)c2)CCN1C1CCC1. The van der Waals surface area contributed by atoms with Crippen molar-refractivity contribution in [2.45, 2.75) is 50.6 Å². The summed E-state index contributed by atoms with van der Waals surface area (Å²) in [6.07, 6.45) is 4.88. The van der Waals surface area contributed by atoms with Gasteiger partial charge in [-0.3, -0.25) is 14.5 Å². The number of carbonyl (C=O) groups excluding carboxylic acids is 2. The summed E-state index contributed by atoms with van der Waals surface area (Å²) in [6, 6.07) is 8.64. The van der Waals surface area contributed by atoms with E-state index >= 15 is 0 Å². The maximum absolute atomic E-state index is 12.9. The second-order valence-corrected chi connectivity index (χ2v) is 7.89. The summed E-state index contributed by atoms with van der Waals surface area (Å²) < 4.78 is 0. The molecule has 2 aliphatic carbocycles. The first-order valence-electron chi connectivity index (χ1n) is 9.49. The molecule has 134 valence electrons. The van der Waals surface area contributed by atoms with Gasteiger partial charge in [0.2, 0.25) is 11.8 Å². The Bertz CT molecular complexity index is 685. The van der Waals surface area contributed by atoms with Crippen LogP contribution in [0.3, 0.4) is 0 Å². The normalized spacial score (nSPS) is 30.0. The molecule has 1 aliphatic heterocycles. The van der Waals surface area contributed by atoms with Gasteiger partial charge in [0.25, 0.3) is 0 Å². The van der Waals surface area contributed by atoms with Crippen molar-refractivity contribution in [3.63, 3.8) is 0 Å². The van der Waals surface area contributed by atoms with Crippen LogP contribution in [0.2, 0.25) is 0 Å². The Morgan fingerprint density at radius 1 is 1.20 bits per heavy atom. The number of primary amides is 1. The van der Waals surface area contributed by atoms with Gasteiger partial charge in [0.1, 0.15) is 0 Å². The molecule has 5 nitrogen and oxygen atoms in total. The summed E-state index contributed by atoms with van der Waals surface area (Å²) in [4.78, 5) is 28.9. The molecular formula is C20H27N3O2. The number of carbonyl (C=O) groups is 2. The second-order valence-electron chi connectivity index (χ2n) is 7.89. The Morgan fingerprint density at radius 3 is 2.64 bits per heavy atom. The van der Waals surface area contributed by atoms with Crippen LogP contribution >= 0.6 is 0 Å². The summed E-state index contributed by atoms with van der Waals surface area (Å²) in [5.74, 6) is 0.193. The van der Waals surface area contributed by atoms with Crippen molar-refractivity contribution >= 4 is 11.8 Å². The predicted molar refractivity (Wildman–Crippen MR) is 96.2 cm³/mol. The molecule has 0 bridgehead atoms. The van der Waals surface area contributed by atoms with E-state index in [1.54, 1.807) is 6.07 Å². The van der Waals surface area contributed by atoms with Crippen LogP contribution in [-0.4, -0.2) is 53.3 Å². The van der Waals surface area contributed by atoms with E-state index < -0.39 is 5.91 Å². The van der Waals surface area contributed by atoms with E-state index in [0.29, 0.717) is 11.6 Å². The maximum Gasteiger partial charge on any atom is 0.248 e. The highest BCUT2D eigenvalue weighted by Crippen LogP contribution is 2.48. The molecule has 0 aromatic heterocycles. The lowest BCUT2D eigenvalue weighted by molar-refractivity contribution is -0.136. The van der Waals surface area contributed by atoms with Crippen molar-refractivity contribution in [2.75, 3.05) is 19.6 Å². The zero-order valence-electron chi connectivity index (χ0n) is 14.9. The second kappa shape index (κ2) is 6.45. The van der Waals surface area contributed by atoms with Crippen LogP contribution in [-0.2, 0) is 4.79 Å². The molecule has 2 saturated carbocycles. The van der Waals surface area contributed by atoms with E-state index in [1.165, 1.54) is 19.3 Å². The van der Waals surface area contributed by atoms with E-state index in [4.69, 9.17) is 5.73 Å². The summed E-state index contributed by atoms with van der Waals surface area (Å²) in [6.45, 7) is 4.95. The number of hydrogen-bond donors (Lipinski definition) is 1. The number of nitrogens with two attached hydrogens (primary N) is 1. The van der Waals surface area contributed by atoms with Gasteiger partial charge in [0.15, 0.2) is 0 Å². The van der Waals surface area contributed by atoms with Gasteiger partial charge in [-0.15, -0.1) is 0 Å². The summed E-state index contributed by atoms with van der Waals surface area (Å²) in [5.41, 5.74) is 6.96. The monoisotopic (exact) mass is 341 g/mol. The van der Waals surface area contributed by atoms with Gasteiger partial charge in [0.05, 0.1) is 0 Å². The number of hydrogen-bond acceptors (Lipinski definition) is 3. The topological polar surface area (TPSA) is 66.6 Å². The van der Waals surface area contributed by atoms with Gasteiger partial charge in [-0.1, -0.05) is 18.6 Å². The largest absolute Gasteiger partial charge is 0.366 e. The molecule has 0 spiro atoms. The Labute approximate surface area is 149 Å². The molecule has 1 heterocycles. The standard InChI is InChI=1S/C20H27N3O2/c1-13-12-22(8-9-23(13)16-6-3-7-16)20(25)18-11-17(18)14-4-2-5-15(10-14)19(21)24/h2,4-5,10,13,16-18H,3,6-9,11-12H2,1H3,(H2,21,24)/t13-,17+,18-/m0/s1. The minimum atomic E-state index is -0.411. The molecule has 3 fully saturated rings. The molecule has 1 aromatic rings. The molecule has 2 N–H and O–H groups in total. The molecule has 0 unspecified atom stereocenters. The third kappa shape index (κ3) is 3.17. The zero-order chi connectivity index (χ0) is 17.6. The van der Waals surface area contributed by atoms with Crippen molar-refractivity contribution in [2.24, 2.45) is 11.7 Å². The molecule has 25 heavy (non-hydrogen) atoms. The first kappa shape index (κ1) is 16.6. The van der Waals surface area contributed by atoms with Crippen LogP contribution in [0.15, 0.2) is 24.3 Å². The third-order valence-corrected chi connectivity index (χ3v) is 6.24. The smallest absolute Gasteiger partial charge is 0.248 e. The lowest BCUT2D eigenvalue weighted by Crippen LogP contribution is -2.58. The molecule has 0 radical (unpaired) electrons. The van der Waals surface area contributed by atoms with E-state index in [2.05, 4.69) is 16.7 Å². The Kier molecular flexibility index (Phi) is 4.28. The van der Waals surface area contributed by atoms with Gasteiger partial charge in [0, 0.05) is 43.2 Å². The lowest BCUT2D eigenvalue weighted by Gasteiger charge is -2.47. The van der Waals surface area contributed by atoms with E-state index in [-0.39, 0.29) is 17.7 Å². The molecule has 2 amide bonds. The van der Waals surface area contributed by atoms with Crippen LogP contribution < -0.4 is 5.73 Å². The van der Waals surface area contributed by atoms with Crippen LogP contribution in [0.1, 0.15) is 54.4 Å².